The third kappa shape index (κ3) is 8.34. The Morgan fingerprint density at radius 2 is 1.88 bits per heavy atom. The predicted molar refractivity (Wildman–Crippen MR) is 123 cm³/mol. The molecule has 0 saturated heterocycles. The van der Waals surface area contributed by atoms with E-state index in [9.17, 15) is 29.1 Å². The van der Waals surface area contributed by atoms with Crippen molar-refractivity contribution in [1.82, 2.24) is 20.3 Å². The molecule has 0 radical (unpaired) electrons. The van der Waals surface area contributed by atoms with Crippen molar-refractivity contribution in [2.45, 2.75) is 26.4 Å². The number of hydrogen-bond donors (Lipinski definition) is 4. The number of carbonyl (C=O) groups is 3. The molecule has 34 heavy (non-hydrogen) atoms. The fourth-order valence-electron chi connectivity index (χ4n) is 2.78. The van der Waals surface area contributed by atoms with Gasteiger partial charge in [-0.2, -0.15) is 0 Å². The number of aromatic nitrogens is 2. The molecule has 0 fully saturated rings. The van der Waals surface area contributed by atoms with E-state index in [0.717, 1.165) is 15.9 Å². The summed E-state index contributed by atoms with van der Waals surface area (Å²) in [6.45, 7) is 4.34. The second-order valence-corrected chi connectivity index (χ2v) is 8.17. The zero-order valence-electron chi connectivity index (χ0n) is 19.1. The molecule has 1 aliphatic rings. The van der Waals surface area contributed by atoms with Crippen LogP contribution in [0.2, 0.25) is 0 Å². The maximum absolute atomic E-state index is 12.3. The molecule has 0 spiro atoms. The van der Waals surface area contributed by atoms with E-state index in [1.807, 2.05) is 0 Å². The van der Waals surface area contributed by atoms with Gasteiger partial charge in [0.15, 0.2) is 0 Å². The first-order chi connectivity index (χ1) is 16.0. The second-order valence-electron chi connectivity index (χ2n) is 8.17. The van der Waals surface area contributed by atoms with Gasteiger partial charge in [-0.05, 0) is 20.8 Å². The summed E-state index contributed by atoms with van der Waals surface area (Å²) in [6.07, 6.45) is 7.36. The molecule has 2 amide bonds. The minimum Gasteiger partial charge on any atom is -0.480 e. The molecule has 0 saturated carbocycles. The van der Waals surface area contributed by atoms with Crippen LogP contribution in [0.4, 0.5) is 4.79 Å². The quantitative estimate of drug-likeness (QED) is 0.360. The highest BCUT2D eigenvalue weighted by Crippen LogP contribution is 2.08. The first-order valence-corrected chi connectivity index (χ1v) is 10.4. The van der Waals surface area contributed by atoms with Gasteiger partial charge in [-0.15, -0.1) is 0 Å². The molecule has 182 valence electrons. The number of rotatable bonds is 8. The number of aliphatic carboxylic acids is 1. The van der Waals surface area contributed by atoms with Crippen LogP contribution in [0, 0.1) is 17.8 Å². The average Bonchev–Trinajstić information content (AvgIpc) is 3.25. The van der Waals surface area contributed by atoms with Crippen molar-refractivity contribution in [3.63, 3.8) is 0 Å². The largest absolute Gasteiger partial charge is 0.480 e. The van der Waals surface area contributed by atoms with Crippen LogP contribution < -0.4 is 26.9 Å². The smallest absolute Gasteiger partial charge is 0.407 e. The molecule has 0 unspecified atom stereocenters. The summed E-state index contributed by atoms with van der Waals surface area (Å²) in [6, 6.07) is 0. The Kier molecular flexibility index (Phi) is 8.83. The van der Waals surface area contributed by atoms with E-state index < -0.39 is 35.5 Å². The zero-order chi connectivity index (χ0) is 25.3. The molecule has 0 atom stereocenters. The number of allylic oxidation sites excluding steroid dienone is 2. The van der Waals surface area contributed by atoms with Crippen molar-refractivity contribution in [1.29, 1.82) is 0 Å². The fourth-order valence-corrected chi connectivity index (χ4v) is 2.78. The summed E-state index contributed by atoms with van der Waals surface area (Å²) < 4.78 is 6.02. The number of carbonyl (C=O) groups excluding carboxylic acids is 2. The van der Waals surface area contributed by atoms with Crippen LogP contribution in [-0.4, -0.2) is 64.5 Å². The number of carboxylic acid groups (broad SMARTS) is 1. The van der Waals surface area contributed by atoms with Crippen LogP contribution in [0.1, 0.15) is 26.3 Å². The number of nitrogens with one attached hydrogen (secondary N) is 3. The van der Waals surface area contributed by atoms with Crippen molar-refractivity contribution in [3.8, 4) is 11.8 Å². The maximum atomic E-state index is 12.3. The summed E-state index contributed by atoms with van der Waals surface area (Å²) in [5, 5.41) is 15.4. The average molecular weight is 473 g/mol. The Bertz CT molecular complexity index is 1150. The van der Waals surface area contributed by atoms with Gasteiger partial charge in [0.1, 0.15) is 17.7 Å². The summed E-state index contributed by atoms with van der Waals surface area (Å²) >= 11 is 0. The minimum atomic E-state index is -1.24. The standard InChI is InChI=1S/C22H27N5O7/c1-22(2,3)34-21(33)24-11-12-26(14-17(28)29)27-13-16(19(31)25-20(27)32)9-6-10-23-18(30)15-7-4-5-8-15/h4-5,7-8,13,15H,10-12,14H2,1-3H3,(H,23,30)(H,24,33)(H,28,29)(H,25,31,32). The fraction of sp³-hybridized carbons (Fsp3) is 0.409. The lowest BCUT2D eigenvalue weighted by molar-refractivity contribution is -0.135. The molecular weight excluding hydrogens is 446 g/mol. The van der Waals surface area contributed by atoms with E-state index in [2.05, 4.69) is 27.5 Å². The summed E-state index contributed by atoms with van der Waals surface area (Å²) in [4.78, 5) is 61.6. The summed E-state index contributed by atoms with van der Waals surface area (Å²) in [5.74, 6) is 3.34. The van der Waals surface area contributed by atoms with Crippen LogP contribution in [0.15, 0.2) is 40.1 Å². The van der Waals surface area contributed by atoms with Crippen molar-refractivity contribution in [3.05, 3.63) is 56.9 Å². The lowest BCUT2D eigenvalue weighted by Gasteiger charge is -2.25. The van der Waals surface area contributed by atoms with Crippen LogP contribution in [0.5, 0.6) is 0 Å². The Morgan fingerprint density at radius 1 is 1.21 bits per heavy atom. The van der Waals surface area contributed by atoms with E-state index in [0.29, 0.717) is 0 Å². The van der Waals surface area contributed by atoms with Crippen LogP contribution >= 0.6 is 0 Å². The Labute approximate surface area is 195 Å². The molecule has 12 nitrogen and oxygen atoms in total. The number of alkyl carbamates (subject to hydrolysis) is 1. The number of nitrogens with zero attached hydrogens (tertiary/aromatic N) is 2. The lowest BCUT2D eigenvalue weighted by atomic mass is 10.1. The van der Waals surface area contributed by atoms with E-state index in [4.69, 9.17) is 4.74 Å². The third-order valence-corrected chi connectivity index (χ3v) is 4.21. The molecule has 0 aromatic carbocycles. The van der Waals surface area contributed by atoms with Gasteiger partial charge in [-0.25, -0.2) is 14.3 Å². The first kappa shape index (κ1) is 26.0. The molecule has 12 heteroatoms. The van der Waals surface area contributed by atoms with E-state index in [-0.39, 0.29) is 37.0 Å². The molecule has 0 aliphatic heterocycles. The number of aromatic amines is 1. The molecule has 2 rings (SSSR count). The van der Waals surface area contributed by atoms with Gasteiger partial charge >= 0.3 is 17.8 Å². The van der Waals surface area contributed by atoms with Crippen LogP contribution in [-0.2, 0) is 14.3 Å². The summed E-state index contributed by atoms with van der Waals surface area (Å²) in [7, 11) is 0. The number of amides is 2. The zero-order valence-corrected chi connectivity index (χ0v) is 19.1. The summed E-state index contributed by atoms with van der Waals surface area (Å²) in [5.41, 5.74) is -2.45. The SMILES string of the molecule is CC(C)(C)OC(=O)NCCN(CC(=O)O)n1cc(C#CCNC(=O)C2C=CC=C2)c(=O)[nH]c1=O. The van der Waals surface area contributed by atoms with Gasteiger partial charge in [0, 0.05) is 6.54 Å². The van der Waals surface area contributed by atoms with Crippen molar-refractivity contribution >= 4 is 18.0 Å². The van der Waals surface area contributed by atoms with Crippen molar-refractivity contribution in [2.75, 3.05) is 31.2 Å². The number of ether oxygens (including phenoxy) is 1. The van der Waals surface area contributed by atoms with E-state index >= 15 is 0 Å². The molecule has 4 N–H and O–H groups in total. The molecular formula is C22H27N5O7. The Balaban J connectivity index is 2.11. The predicted octanol–water partition coefficient (Wildman–Crippen LogP) is -0.706. The highest BCUT2D eigenvalue weighted by atomic mass is 16.6. The van der Waals surface area contributed by atoms with Gasteiger partial charge in [0.25, 0.3) is 5.56 Å². The maximum Gasteiger partial charge on any atom is 0.407 e. The van der Waals surface area contributed by atoms with Crippen LogP contribution in [0.3, 0.4) is 0 Å². The van der Waals surface area contributed by atoms with Gasteiger partial charge in [0.2, 0.25) is 5.91 Å². The normalized spacial score (nSPS) is 12.6. The number of carboxylic acids is 1. The minimum absolute atomic E-state index is 0.0335. The molecule has 1 aromatic rings. The van der Waals surface area contributed by atoms with E-state index in [1.165, 1.54) is 0 Å². The van der Waals surface area contributed by atoms with Crippen molar-refractivity contribution in [2.24, 2.45) is 5.92 Å². The second kappa shape index (κ2) is 11.6. The van der Waals surface area contributed by atoms with Gasteiger partial charge < -0.3 is 20.5 Å². The van der Waals surface area contributed by atoms with Gasteiger partial charge in [0.05, 0.1) is 25.2 Å². The van der Waals surface area contributed by atoms with Gasteiger partial charge in [-0.1, -0.05) is 36.1 Å². The third-order valence-electron chi connectivity index (χ3n) is 4.21. The number of H-pyrrole nitrogens is 1. The molecule has 1 heterocycles. The molecule has 1 aliphatic carbocycles. The Morgan fingerprint density at radius 3 is 2.50 bits per heavy atom. The van der Waals surface area contributed by atoms with E-state index in [1.54, 1.807) is 45.1 Å². The van der Waals surface area contributed by atoms with Crippen LogP contribution in [0.25, 0.3) is 0 Å². The highest BCUT2D eigenvalue weighted by Gasteiger charge is 2.18. The monoisotopic (exact) mass is 473 g/mol. The van der Waals surface area contributed by atoms with Gasteiger partial charge in [-0.3, -0.25) is 24.4 Å². The highest BCUT2D eigenvalue weighted by molar-refractivity contribution is 5.83. The lowest BCUT2D eigenvalue weighted by Crippen LogP contribution is -2.50. The molecule has 1 aromatic heterocycles. The number of hydrogen-bond acceptors (Lipinski definition) is 7. The first-order valence-electron chi connectivity index (χ1n) is 10.4. The Hall–Kier alpha value is -4.27. The topological polar surface area (TPSA) is 163 Å². The molecule has 0 bridgehead atoms. The van der Waals surface area contributed by atoms with Crippen molar-refractivity contribution < 1.29 is 24.2 Å².